The molecule has 0 spiro atoms. The molecule has 1 fully saturated rings. The first-order valence-electron chi connectivity index (χ1n) is 11.0. The summed E-state index contributed by atoms with van der Waals surface area (Å²) in [5.74, 6) is 0.806. The first kappa shape index (κ1) is 25.5. The molecule has 0 amide bonds. The summed E-state index contributed by atoms with van der Waals surface area (Å²) in [5, 5.41) is 3.33. The maximum atomic E-state index is 13.1. The average Bonchev–Trinajstić information content (AvgIpc) is 2.74. The van der Waals surface area contributed by atoms with Gasteiger partial charge >= 0.3 is 6.18 Å². The minimum atomic E-state index is -4.35. The summed E-state index contributed by atoms with van der Waals surface area (Å²) in [7, 11) is 1.69. The van der Waals surface area contributed by atoms with Crippen molar-refractivity contribution in [2.45, 2.75) is 57.7 Å². The fourth-order valence-corrected chi connectivity index (χ4v) is 3.59. The van der Waals surface area contributed by atoms with Gasteiger partial charge in [-0.15, -0.1) is 0 Å². The molecule has 1 aliphatic rings. The largest absolute Gasteiger partial charge is 0.416 e. The Kier molecular flexibility index (Phi) is 9.62. The number of nitrogens with zero attached hydrogens (tertiary/aromatic N) is 2. The Morgan fingerprint density at radius 3 is 2.45 bits per heavy atom. The van der Waals surface area contributed by atoms with E-state index in [1.165, 1.54) is 12.1 Å². The van der Waals surface area contributed by atoms with Crippen LogP contribution in [0.1, 0.15) is 51.2 Å². The van der Waals surface area contributed by atoms with Gasteiger partial charge in [-0.1, -0.05) is 32.0 Å². The van der Waals surface area contributed by atoms with Crippen molar-refractivity contribution in [3.8, 4) is 0 Å². The van der Waals surface area contributed by atoms with Crippen LogP contribution in [0.3, 0.4) is 0 Å². The van der Waals surface area contributed by atoms with E-state index in [0.717, 1.165) is 50.9 Å². The SMILES string of the molecule is CCNC(=NCC(C)(C)c1cccc(C(F)(F)F)c1)N1CCC(OCCCOC)CC1. The van der Waals surface area contributed by atoms with E-state index in [1.54, 1.807) is 13.2 Å². The number of aliphatic imine (C=N–C) groups is 1. The topological polar surface area (TPSA) is 46.1 Å². The van der Waals surface area contributed by atoms with Crippen LogP contribution in [0.4, 0.5) is 13.2 Å². The van der Waals surface area contributed by atoms with Crippen LogP contribution in [-0.4, -0.2) is 63.5 Å². The third-order valence-corrected chi connectivity index (χ3v) is 5.52. The van der Waals surface area contributed by atoms with Crippen LogP contribution in [0.5, 0.6) is 0 Å². The number of likely N-dealkylation sites (tertiary alicyclic amines) is 1. The zero-order valence-corrected chi connectivity index (χ0v) is 19.1. The number of nitrogens with one attached hydrogen (secondary N) is 1. The van der Waals surface area contributed by atoms with Gasteiger partial charge in [-0.05, 0) is 37.8 Å². The van der Waals surface area contributed by atoms with Gasteiger partial charge in [0.2, 0.25) is 0 Å². The Bertz CT molecular complexity index is 700. The monoisotopic (exact) mass is 443 g/mol. The lowest BCUT2D eigenvalue weighted by molar-refractivity contribution is -0.137. The highest BCUT2D eigenvalue weighted by Gasteiger charge is 2.32. The molecule has 0 bridgehead atoms. The van der Waals surface area contributed by atoms with E-state index < -0.39 is 17.2 Å². The van der Waals surface area contributed by atoms with Crippen LogP contribution in [-0.2, 0) is 21.1 Å². The summed E-state index contributed by atoms with van der Waals surface area (Å²) in [6.45, 7) is 10.1. The first-order valence-corrected chi connectivity index (χ1v) is 11.0. The van der Waals surface area contributed by atoms with Crippen molar-refractivity contribution in [3.05, 3.63) is 35.4 Å². The zero-order valence-electron chi connectivity index (χ0n) is 19.1. The maximum absolute atomic E-state index is 13.1. The number of piperidine rings is 1. The molecule has 1 aromatic rings. The van der Waals surface area contributed by atoms with Crippen molar-refractivity contribution < 1.29 is 22.6 Å². The minimum Gasteiger partial charge on any atom is -0.385 e. The Labute approximate surface area is 184 Å². The van der Waals surface area contributed by atoms with Gasteiger partial charge in [0.15, 0.2) is 5.96 Å². The number of methoxy groups -OCH3 is 1. The van der Waals surface area contributed by atoms with E-state index in [-0.39, 0.29) is 6.10 Å². The van der Waals surface area contributed by atoms with Crippen molar-refractivity contribution in [1.82, 2.24) is 10.2 Å². The van der Waals surface area contributed by atoms with Gasteiger partial charge in [-0.25, -0.2) is 0 Å². The number of guanidine groups is 1. The van der Waals surface area contributed by atoms with Crippen molar-refractivity contribution in [3.63, 3.8) is 0 Å². The van der Waals surface area contributed by atoms with Gasteiger partial charge < -0.3 is 19.7 Å². The van der Waals surface area contributed by atoms with Crippen molar-refractivity contribution in [1.29, 1.82) is 0 Å². The average molecular weight is 444 g/mol. The number of halogens is 3. The molecule has 1 saturated heterocycles. The van der Waals surface area contributed by atoms with Crippen LogP contribution >= 0.6 is 0 Å². The molecule has 1 aromatic carbocycles. The fourth-order valence-electron chi connectivity index (χ4n) is 3.59. The fraction of sp³-hybridized carbons (Fsp3) is 0.696. The molecule has 0 saturated carbocycles. The highest BCUT2D eigenvalue weighted by molar-refractivity contribution is 5.80. The molecular weight excluding hydrogens is 407 g/mol. The summed E-state index contributed by atoms with van der Waals surface area (Å²) in [4.78, 5) is 6.99. The second kappa shape index (κ2) is 11.7. The lowest BCUT2D eigenvalue weighted by atomic mass is 9.84. The van der Waals surface area contributed by atoms with Gasteiger partial charge in [0.1, 0.15) is 0 Å². The van der Waals surface area contributed by atoms with Gasteiger partial charge in [0.05, 0.1) is 18.2 Å². The van der Waals surface area contributed by atoms with Crippen LogP contribution in [0.25, 0.3) is 0 Å². The van der Waals surface area contributed by atoms with Crippen LogP contribution < -0.4 is 5.32 Å². The summed E-state index contributed by atoms with van der Waals surface area (Å²) < 4.78 is 50.3. The second-order valence-electron chi connectivity index (χ2n) is 8.54. The number of hydrogen-bond donors (Lipinski definition) is 1. The number of ether oxygens (including phenoxy) is 2. The van der Waals surface area contributed by atoms with Crippen LogP contribution in [0.15, 0.2) is 29.3 Å². The third kappa shape index (κ3) is 8.00. The van der Waals surface area contributed by atoms with E-state index in [0.29, 0.717) is 25.3 Å². The smallest absolute Gasteiger partial charge is 0.385 e. The number of alkyl halides is 3. The predicted octanol–water partition coefficient (Wildman–Crippen LogP) is 4.47. The van der Waals surface area contributed by atoms with Crippen LogP contribution in [0, 0.1) is 0 Å². The molecule has 2 rings (SSSR count). The lowest BCUT2D eigenvalue weighted by Crippen LogP contribution is -2.47. The van der Waals surface area contributed by atoms with Crippen LogP contribution in [0.2, 0.25) is 0 Å². The van der Waals surface area contributed by atoms with E-state index >= 15 is 0 Å². The molecule has 0 unspecified atom stereocenters. The molecule has 1 aliphatic heterocycles. The summed E-state index contributed by atoms with van der Waals surface area (Å²) in [6, 6.07) is 5.54. The Morgan fingerprint density at radius 2 is 1.84 bits per heavy atom. The second-order valence-corrected chi connectivity index (χ2v) is 8.54. The van der Waals surface area contributed by atoms with Gasteiger partial charge in [0.25, 0.3) is 0 Å². The normalized spacial score (nSPS) is 16.6. The standard InChI is InChI=1S/C23H36F3N3O2/c1-5-27-21(29-12-10-20(11-13-29)31-15-7-14-30-4)28-17-22(2,3)18-8-6-9-19(16-18)23(24,25)26/h6,8-9,16,20H,5,7,10-15,17H2,1-4H3,(H,27,28). The van der Waals surface area contributed by atoms with E-state index in [4.69, 9.17) is 14.5 Å². The van der Waals surface area contributed by atoms with Gasteiger partial charge in [-0.3, -0.25) is 4.99 Å². The first-order chi connectivity index (χ1) is 14.7. The molecule has 0 radical (unpaired) electrons. The number of rotatable bonds is 9. The molecule has 0 aliphatic carbocycles. The quantitative estimate of drug-likeness (QED) is 0.348. The molecule has 5 nitrogen and oxygen atoms in total. The Morgan fingerprint density at radius 1 is 1.16 bits per heavy atom. The third-order valence-electron chi connectivity index (χ3n) is 5.52. The summed E-state index contributed by atoms with van der Waals surface area (Å²) in [6.07, 6.45) is -1.35. The molecule has 0 aromatic heterocycles. The minimum absolute atomic E-state index is 0.248. The summed E-state index contributed by atoms with van der Waals surface area (Å²) in [5.41, 5.74) is -0.517. The van der Waals surface area contributed by atoms with E-state index in [9.17, 15) is 13.2 Å². The predicted molar refractivity (Wildman–Crippen MR) is 117 cm³/mol. The maximum Gasteiger partial charge on any atom is 0.416 e. The highest BCUT2D eigenvalue weighted by atomic mass is 19.4. The molecule has 8 heteroatoms. The van der Waals surface area contributed by atoms with Crippen molar-refractivity contribution >= 4 is 5.96 Å². The molecule has 176 valence electrons. The van der Waals surface area contributed by atoms with Crippen molar-refractivity contribution in [2.75, 3.05) is 46.5 Å². The molecule has 31 heavy (non-hydrogen) atoms. The highest BCUT2D eigenvalue weighted by Crippen LogP contribution is 2.33. The van der Waals surface area contributed by atoms with E-state index in [1.807, 2.05) is 20.8 Å². The van der Waals surface area contributed by atoms with Gasteiger partial charge in [-0.2, -0.15) is 13.2 Å². The van der Waals surface area contributed by atoms with E-state index in [2.05, 4.69) is 10.2 Å². The molecular formula is C23H36F3N3O2. The lowest BCUT2D eigenvalue weighted by Gasteiger charge is -2.35. The Balaban J connectivity index is 1.99. The molecule has 1 N–H and O–H groups in total. The Hall–Kier alpha value is -1.80. The number of hydrogen-bond acceptors (Lipinski definition) is 3. The molecule has 0 atom stereocenters. The van der Waals surface area contributed by atoms with Crippen molar-refractivity contribution in [2.24, 2.45) is 4.99 Å². The zero-order chi connectivity index (χ0) is 22.9. The summed E-state index contributed by atoms with van der Waals surface area (Å²) >= 11 is 0. The van der Waals surface area contributed by atoms with Gasteiger partial charge in [0, 0.05) is 45.4 Å². The molecule has 1 heterocycles. The number of benzene rings is 1.